The number of amides is 2. The molecule has 0 aliphatic heterocycles. The summed E-state index contributed by atoms with van der Waals surface area (Å²) in [5.41, 5.74) is 1.71. The van der Waals surface area contributed by atoms with E-state index in [2.05, 4.69) is 15.0 Å². The number of rotatable bonds is 9. The Hall–Kier alpha value is -3.60. The average molecular weight is 591 g/mol. The molecule has 0 radical (unpaired) electrons. The first-order valence-corrected chi connectivity index (χ1v) is 14.2. The number of H-pyrrole nitrogens is 1. The van der Waals surface area contributed by atoms with Crippen molar-refractivity contribution in [3.05, 3.63) is 93.3 Å². The van der Waals surface area contributed by atoms with Crippen molar-refractivity contribution >= 4 is 61.6 Å². The van der Waals surface area contributed by atoms with E-state index < -0.39 is 26.6 Å². The summed E-state index contributed by atoms with van der Waals surface area (Å²) in [6.45, 7) is 5.15. The fourth-order valence-corrected chi connectivity index (χ4v) is 5.75. The zero-order valence-corrected chi connectivity index (χ0v) is 23.3. The molecule has 3 N–H and O–H groups in total. The SMILES string of the molecule is CCN(CC)C(=O)c1ccc(CNC(=O)c2ccc(S(=O)(=O)Nc3ccc(Cl)c4c(Cl)c[nH]c34)c(F)c2)cc1. The number of nitrogens with zero attached hydrogens (tertiary/aromatic N) is 1. The molecule has 12 heteroatoms. The molecule has 4 rings (SSSR count). The maximum atomic E-state index is 14.9. The summed E-state index contributed by atoms with van der Waals surface area (Å²) in [5.74, 6) is -1.76. The second-order valence-electron chi connectivity index (χ2n) is 8.59. The molecular formula is C27H25Cl2FN4O4S. The number of halogens is 3. The van der Waals surface area contributed by atoms with Crippen LogP contribution in [0.2, 0.25) is 10.0 Å². The summed E-state index contributed by atoms with van der Waals surface area (Å²) in [5, 5.41) is 3.72. The first-order chi connectivity index (χ1) is 18.6. The van der Waals surface area contributed by atoms with Gasteiger partial charge in [-0.1, -0.05) is 35.3 Å². The molecule has 0 atom stereocenters. The van der Waals surface area contributed by atoms with Gasteiger partial charge in [-0.15, -0.1) is 0 Å². The minimum absolute atomic E-state index is 0.0511. The zero-order chi connectivity index (χ0) is 28.3. The van der Waals surface area contributed by atoms with Crippen molar-refractivity contribution in [1.29, 1.82) is 0 Å². The Kier molecular flexibility index (Phi) is 8.48. The number of carbonyl (C=O) groups excluding carboxylic acids is 2. The van der Waals surface area contributed by atoms with Crippen molar-refractivity contribution in [2.75, 3.05) is 17.8 Å². The highest BCUT2D eigenvalue weighted by Crippen LogP contribution is 2.35. The van der Waals surface area contributed by atoms with E-state index in [9.17, 15) is 22.4 Å². The van der Waals surface area contributed by atoms with Gasteiger partial charge in [-0.05, 0) is 61.9 Å². The molecule has 39 heavy (non-hydrogen) atoms. The van der Waals surface area contributed by atoms with Crippen molar-refractivity contribution < 1.29 is 22.4 Å². The highest BCUT2D eigenvalue weighted by atomic mass is 35.5. The van der Waals surface area contributed by atoms with Crippen molar-refractivity contribution in [3.63, 3.8) is 0 Å². The van der Waals surface area contributed by atoms with Crippen LogP contribution in [0.4, 0.5) is 10.1 Å². The minimum atomic E-state index is -4.35. The molecule has 0 saturated carbocycles. The molecule has 0 saturated heterocycles. The quantitative estimate of drug-likeness (QED) is 0.228. The molecule has 4 aromatic rings. The Labute approximate surface area is 235 Å². The van der Waals surface area contributed by atoms with Crippen LogP contribution in [-0.2, 0) is 16.6 Å². The number of benzene rings is 3. The third-order valence-corrected chi connectivity index (χ3v) is 8.18. The van der Waals surface area contributed by atoms with Gasteiger partial charge in [0.2, 0.25) is 0 Å². The second kappa shape index (κ2) is 11.6. The first-order valence-electron chi connectivity index (χ1n) is 12.0. The minimum Gasteiger partial charge on any atom is -0.358 e. The zero-order valence-electron chi connectivity index (χ0n) is 21.0. The van der Waals surface area contributed by atoms with E-state index in [1.807, 2.05) is 13.8 Å². The van der Waals surface area contributed by atoms with Gasteiger partial charge in [0.25, 0.3) is 21.8 Å². The number of fused-ring (bicyclic) bond motifs is 1. The first kappa shape index (κ1) is 28.4. The Morgan fingerprint density at radius 1 is 0.949 bits per heavy atom. The lowest BCUT2D eigenvalue weighted by Crippen LogP contribution is -2.30. The predicted molar refractivity (Wildman–Crippen MR) is 150 cm³/mol. The van der Waals surface area contributed by atoms with Crippen LogP contribution in [0.5, 0.6) is 0 Å². The Morgan fingerprint density at radius 3 is 2.26 bits per heavy atom. The molecule has 2 amide bonds. The Bertz CT molecular complexity index is 1650. The van der Waals surface area contributed by atoms with Gasteiger partial charge >= 0.3 is 0 Å². The van der Waals surface area contributed by atoms with Crippen molar-refractivity contribution in [3.8, 4) is 0 Å². The van der Waals surface area contributed by atoms with Gasteiger partial charge in [0.05, 0.1) is 21.2 Å². The van der Waals surface area contributed by atoms with Crippen LogP contribution >= 0.6 is 23.2 Å². The van der Waals surface area contributed by atoms with Gasteiger partial charge in [0, 0.05) is 42.3 Å². The normalized spacial score (nSPS) is 11.4. The molecule has 0 spiro atoms. The Morgan fingerprint density at radius 2 is 1.62 bits per heavy atom. The molecule has 8 nitrogen and oxygen atoms in total. The van der Waals surface area contributed by atoms with Crippen LogP contribution in [0.25, 0.3) is 10.9 Å². The van der Waals surface area contributed by atoms with E-state index in [0.29, 0.717) is 39.6 Å². The third-order valence-electron chi connectivity index (χ3n) is 6.17. The van der Waals surface area contributed by atoms with E-state index in [1.165, 1.54) is 24.4 Å². The monoisotopic (exact) mass is 590 g/mol. The summed E-state index contributed by atoms with van der Waals surface area (Å²) in [6, 6.07) is 12.8. The topological polar surface area (TPSA) is 111 Å². The van der Waals surface area contributed by atoms with Crippen LogP contribution in [-0.4, -0.2) is 43.2 Å². The Balaban J connectivity index is 1.45. The molecule has 0 unspecified atom stereocenters. The summed E-state index contributed by atoms with van der Waals surface area (Å²) in [4.78, 5) is 29.0. The van der Waals surface area contributed by atoms with Crippen molar-refractivity contribution in [1.82, 2.24) is 15.2 Å². The summed E-state index contributed by atoms with van der Waals surface area (Å²) in [7, 11) is -4.35. The van der Waals surface area contributed by atoms with Crippen LogP contribution in [0.15, 0.2) is 65.7 Å². The molecule has 0 fully saturated rings. The number of aromatic nitrogens is 1. The molecule has 1 aromatic heterocycles. The van der Waals surface area contributed by atoms with E-state index in [1.54, 1.807) is 29.2 Å². The smallest absolute Gasteiger partial charge is 0.264 e. The lowest BCUT2D eigenvalue weighted by molar-refractivity contribution is 0.0772. The largest absolute Gasteiger partial charge is 0.358 e. The van der Waals surface area contributed by atoms with E-state index in [0.717, 1.165) is 17.7 Å². The number of nitrogens with one attached hydrogen (secondary N) is 3. The molecule has 204 valence electrons. The van der Waals surface area contributed by atoms with Crippen LogP contribution < -0.4 is 10.0 Å². The molecule has 0 aliphatic carbocycles. The average Bonchev–Trinajstić information content (AvgIpc) is 3.32. The second-order valence-corrected chi connectivity index (χ2v) is 11.1. The number of anilines is 1. The molecule has 3 aromatic carbocycles. The summed E-state index contributed by atoms with van der Waals surface area (Å²) in [6.07, 6.45) is 1.46. The number of hydrogen-bond donors (Lipinski definition) is 3. The summed E-state index contributed by atoms with van der Waals surface area (Å²) >= 11 is 12.3. The van der Waals surface area contributed by atoms with Crippen LogP contribution in [0.3, 0.4) is 0 Å². The van der Waals surface area contributed by atoms with Gasteiger partial charge in [0.1, 0.15) is 10.7 Å². The lowest BCUT2D eigenvalue weighted by Gasteiger charge is -2.18. The molecule has 0 aliphatic rings. The molecular weight excluding hydrogens is 566 g/mol. The van der Waals surface area contributed by atoms with Crippen LogP contribution in [0.1, 0.15) is 40.1 Å². The highest BCUT2D eigenvalue weighted by molar-refractivity contribution is 7.92. The third kappa shape index (κ3) is 6.03. The molecule has 0 bridgehead atoms. The maximum absolute atomic E-state index is 14.9. The van der Waals surface area contributed by atoms with E-state index >= 15 is 0 Å². The van der Waals surface area contributed by atoms with E-state index in [4.69, 9.17) is 23.2 Å². The van der Waals surface area contributed by atoms with Crippen LogP contribution in [0, 0.1) is 5.82 Å². The van der Waals surface area contributed by atoms with Gasteiger partial charge in [-0.2, -0.15) is 0 Å². The summed E-state index contributed by atoms with van der Waals surface area (Å²) < 4.78 is 43.1. The van der Waals surface area contributed by atoms with Crippen molar-refractivity contribution in [2.45, 2.75) is 25.3 Å². The number of carbonyl (C=O) groups is 2. The van der Waals surface area contributed by atoms with Gasteiger partial charge in [0.15, 0.2) is 0 Å². The van der Waals surface area contributed by atoms with E-state index in [-0.39, 0.29) is 23.7 Å². The standard InChI is InChI=1S/C27H25Cl2FN4O4S/c1-3-34(4-2)27(36)17-7-5-16(6-8-17)14-32-26(35)18-9-12-23(21(30)13-18)39(37,38)33-22-11-10-19(28)24-20(29)15-31-25(22)24/h5-13,15,31,33H,3-4,14H2,1-2H3,(H,32,35). The maximum Gasteiger partial charge on any atom is 0.264 e. The van der Waals surface area contributed by atoms with Gasteiger partial charge < -0.3 is 15.2 Å². The highest BCUT2D eigenvalue weighted by Gasteiger charge is 2.23. The predicted octanol–water partition coefficient (Wildman–Crippen LogP) is 5.83. The van der Waals surface area contributed by atoms with Gasteiger partial charge in [-0.3, -0.25) is 14.3 Å². The van der Waals surface area contributed by atoms with Crippen molar-refractivity contribution in [2.24, 2.45) is 0 Å². The number of aromatic amines is 1. The lowest BCUT2D eigenvalue weighted by atomic mass is 10.1. The number of sulfonamides is 1. The molecule has 1 heterocycles. The fourth-order valence-electron chi connectivity index (χ4n) is 4.06. The fraction of sp³-hybridized carbons (Fsp3) is 0.185. The van der Waals surface area contributed by atoms with Gasteiger partial charge in [-0.25, -0.2) is 12.8 Å². The number of hydrogen-bond acceptors (Lipinski definition) is 4.